The van der Waals surface area contributed by atoms with Crippen LogP contribution in [0.1, 0.15) is 25.5 Å². The van der Waals surface area contributed by atoms with E-state index < -0.39 is 0 Å². The van der Waals surface area contributed by atoms with Crippen molar-refractivity contribution in [2.45, 2.75) is 19.9 Å². The van der Waals surface area contributed by atoms with Crippen molar-refractivity contribution in [3.8, 4) is 0 Å². The van der Waals surface area contributed by atoms with Gasteiger partial charge in [-0.3, -0.25) is 4.79 Å². The molecule has 1 atom stereocenters. The zero-order valence-corrected chi connectivity index (χ0v) is 12.1. The van der Waals surface area contributed by atoms with Crippen molar-refractivity contribution in [3.63, 3.8) is 0 Å². The van der Waals surface area contributed by atoms with Gasteiger partial charge in [0.2, 0.25) is 0 Å². The third-order valence-electron chi connectivity index (χ3n) is 2.26. The first-order valence-electron chi connectivity index (χ1n) is 5.77. The lowest BCUT2D eigenvalue weighted by Gasteiger charge is -2.15. The van der Waals surface area contributed by atoms with E-state index >= 15 is 0 Å². The minimum atomic E-state index is -0.237. The highest BCUT2D eigenvalue weighted by Gasteiger charge is 2.09. The molecule has 0 saturated carbocycles. The monoisotopic (exact) mass is 283 g/mol. The van der Waals surface area contributed by atoms with E-state index in [4.69, 9.17) is 17.0 Å². The van der Waals surface area contributed by atoms with Crippen LogP contribution >= 0.6 is 24.0 Å². The summed E-state index contributed by atoms with van der Waals surface area (Å²) in [5.41, 5.74) is 1.16. The summed E-state index contributed by atoms with van der Waals surface area (Å²) in [5.74, 6) is 0.0141. The summed E-state index contributed by atoms with van der Waals surface area (Å²) < 4.78 is 5.45. The molecule has 3 nitrogen and oxygen atoms in total. The number of thiocarbonyl (C=S) groups is 1. The van der Waals surface area contributed by atoms with Crippen molar-refractivity contribution in [3.05, 3.63) is 35.9 Å². The Morgan fingerprint density at radius 1 is 1.44 bits per heavy atom. The van der Waals surface area contributed by atoms with E-state index in [1.807, 2.05) is 37.3 Å². The molecular formula is C13H17NO2S2. The highest BCUT2D eigenvalue weighted by atomic mass is 32.2. The van der Waals surface area contributed by atoms with Gasteiger partial charge in [-0.1, -0.05) is 54.3 Å². The van der Waals surface area contributed by atoms with Crippen LogP contribution in [0.25, 0.3) is 0 Å². The molecule has 1 rings (SSSR count). The quantitative estimate of drug-likeness (QED) is 0.664. The van der Waals surface area contributed by atoms with Crippen molar-refractivity contribution in [1.29, 1.82) is 0 Å². The van der Waals surface area contributed by atoms with Gasteiger partial charge >= 0.3 is 5.97 Å². The second kappa shape index (κ2) is 8.11. The van der Waals surface area contributed by atoms with Crippen LogP contribution < -0.4 is 5.32 Å². The lowest BCUT2D eigenvalue weighted by molar-refractivity contribution is -0.139. The molecule has 0 radical (unpaired) electrons. The van der Waals surface area contributed by atoms with Gasteiger partial charge in [-0.05, 0) is 19.4 Å². The predicted molar refractivity (Wildman–Crippen MR) is 79.7 cm³/mol. The van der Waals surface area contributed by atoms with Crippen molar-refractivity contribution in [1.82, 2.24) is 5.32 Å². The second-order valence-electron chi connectivity index (χ2n) is 3.66. The first-order chi connectivity index (χ1) is 8.63. The molecule has 98 valence electrons. The molecule has 0 aromatic heterocycles. The van der Waals surface area contributed by atoms with Crippen LogP contribution in [0.3, 0.4) is 0 Å². The number of hydrogen-bond acceptors (Lipinski definition) is 4. The van der Waals surface area contributed by atoms with Gasteiger partial charge in [-0.25, -0.2) is 0 Å². The highest BCUT2D eigenvalue weighted by Crippen LogP contribution is 2.13. The molecule has 1 aromatic rings. The standard InChI is InChI=1S/C13H17NO2S2/c1-3-16-12(15)9-18-13(17)14-10(2)11-7-5-4-6-8-11/h4-8,10H,3,9H2,1-2H3,(H,14,17). The van der Waals surface area contributed by atoms with Crippen LogP contribution in [-0.4, -0.2) is 22.6 Å². The maximum atomic E-state index is 11.2. The van der Waals surface area contributed by atoms with Gasteiger partial charge in [0.1, 0.15) is 4.32 Å². The molecule has 0 aliphatic heterocycles. The molecule has 0 bridgehead atoms. The van der Waals surface area contributed by atoms with Crippen molar-refractivity contribution >= 4 is 34.3 Å². The number of rotatable bonds is 5. The first-order valence-corrected chi connectivity index (χ1v) is 7.16. The molecule has 1 aromatic carbocycles. The van der Waals surface area contributed by atoms with E-state index in [1.54, 1.807) is 6.92 Å². The van der Waals surface area contributed by atoms with Gasteiger partial charge < -0.3 is 10.1 Å². The number of ether oxygens (including phenoxy) is 1. The molecule has 0 aliphatic rings. The topological polar surface area (TPSA) is 38.3 Å². The Balaban J connectivity index is 2.34. The zero-order chi connectivity index (χ0) is 13.4. The van der Waals surface area contributed by atoms with Crippen molar-refractivity contribution in [2.24, 2.45) is 0 Å². The van der Waals surface area contributed by atoms with Gasteiger partial charge in [0, 0.05) is 6.04 Å². The van der Waals surface area contributed by atoms with Gasteiger partial charge in [-0.15, -0.1) is 0 Å². The van der Waals surface area contributed by atoms with E-state index in [1.165, 1.54) is 11.8 Å². The van der Waals surface area contributed by atoms with E-state index in [2.05, 4.69) is 5.32 Å². The minimum absolute atomic E-state index is 0.133. The molecule has 0 fully saturated rings. The number of carbonyl (C=O) groups is 1. The van der Waals surface area contributed by atoms with E-state index in [0.29, 0.717) is 10.9 Å². The molecule has 1 N–H and O–H groups in total. The fourth-order valence-electron chi connectivity index (χ4n) is 1.37. The predicted octanol–water partition coefficient (Wildman–Crippen LogP) is 2.92. The zero-order valence-electron chi connectivity index (χ0n) is 10.5. The number of esters is 1. The normalized spacial score (nSPS) is 11.7. The number of thioether (sulfide) groups is 1. The van der Waals surface area contributed by atoms with Crippen LogP contribution in [0, 0.1) is 0 Å². The summed E-state index contributed by atoms with van der Waals surface area (Å²) in [4.78, 5) is 11.2. The fraction of sp³-hybridized carbons (Fsp3) is 0.385. The van der Waals surface area contributed by atoms with E-state index in [-0.39, 0.29) is 17.8 Å². The van der Waals surface area contributed by atoms with Gasteiger partial charge in [0.25, 0.3) is 0 Å². The maximum Gasteiger partial charge on any atom is 0.316 e. The molecule has 0 spiro atoms. The van der Waals surface area contributed by atoms with Crippen LogP contribution in [0.2, 0.25) is 0 Å². The minimum Gasteiger partial charge on any atom is -0.465 e. The summed E-state index contributed by atoms with van der Waals surface area (Å²) in [6.07, 6.45) is 0. The van der Waals surface area contributed by atoms with Crippen molar-refractivity contribution < 1.29 is 9.53 Å². The third-order valence-corrected chi connectivity index (χ3v) is 3.49. The highest BCUT2D eigenvalue weighted by molar-refractivity contribution is 8.23. The second-order valence-corrected chi connectivity index (χ2v) is 5.31. The van der Waals surface area contributed by atoms with Gasteiger partial charge in [0.05, 0.1) is 12.4 Å². The average molecular weight is 283 g/mol. The van der Waals surface area contributed by atoms with Crippen molar-refractivity contribution in [2.75, 3.05) is 12.4 Å². The summed E-state index contributed by atoms with van der Waals surface area (Å²) in [6, 6.07) is 10.2. The number of hydrogen-bond donors (Lipinski definition) is 1. The van der Waals surface area contributed by atoms with E-state index in [9.17, 15) is 4.79 Å². The SMILES string of the molecule is CCOC(=O)CSC(=S)NC(C)c1ccccc1. The molecular weight excluding hydrogens is 266 g/mol. The Morgan fingerprint density at radius 2 is 2.11 bits per heavy atom. The van der Waals surface area contributed by atoms with Crippen LogP contribution in [-0.2, 0) is 9.53 Å². The summed E-state index contributed by atoms with van der Waals surface area (Å²) >= 11 is 6.47. The Kier molecular flexibility index (Phi) is 6.75. The molecule has 0 heterocycles. The molecule has 18 heavy (non-hydrogen) atoms. The Labute approximate surface area is 117 Å². The van der Waals surface area contributed by atoms with E-state index in [0.717, 1.165) is 5.56 Å². The molecule has 5 heteroatoms. The number of carbonyl (C=O) groups excluding carboxylic acids is 1. The number of nitrogens with one attached hydrogen (secondary N) is 1. The summed E-state index contributed by atoms with van der Waals surface area (Å²) in [6.45, 7) is 4.23. The van der Waals surface area contributed by atoms with Crippen LogP contribution in [0.5, 0.6) is 0 Å². The Hall–Kier alpha value is -1.07. The summed E-state index contributed by atoms with van der Waals surface area (Å²) in [5, 5.41) is 3.18. The Bertz CT molecular complexity index is 395. The molecule has 1 unspecified atom stereocenters. The largest absolute Gasteiger partial charge is 0.465 e. The Morgan fingerprint density at radius 3 is 2.72 bits per heavy atom. The van der Waals surface area contributed by atoms with Gasteiger partial charge in [-0.2, -0.15) is 0 Å². The number of benzene rings is 1. The van der Waals surface area contributed by atoms with Gasteiger partial charge in [0.15, 0.2) is 0 Å². The molecule has 0 saturated heterocycles. The summed E-state index contributed by atoms with van der Waals surface area (Å²) in [7, 11) is 0. The lowest BCUT2D eigenvalue weighted by Crippen LogP contribution is -2.23. The average Bonchev–Trinajstić information content (AvgIpc) is 2.38. The lowest BCUT2D eigenvalue weighted by atomic mass is 10.1. The van der Waals surface area contributed by atoms with Crippen LogP contribution in [0.4, 0.5) is 0 Å². The van der Waals surface area contributed by atoms with Crippen LogP contribution in [0.15, 0.2) is 30.3 Å². The first kappa shape index (κ1) is 15.0. The maximum absolute atomic E-state index is 11.2. The smallest absolute Gasteiger partial charge is 0.316 e. The fourth-order valence-corrected chi connectivity index (χ4v) is 2.32. The molecule has 0 aliphatic carbocycles. The third kappa shape index (κ3) is 5.51. The molecule has 0 amide bonds.